The van der Waals surface area contributed by atoms with Gasteiger partial charge in [-0.15, -0.1) is 0 Å². The Labute approximate surface area is 189 Å². The molecule has 2 aromatic rings. The average Bonchev–Trinajstić information content (AvgIpc) is 2.55. The van der Waals surface area contributed by atoms with Crippen LogP contribution in [0.25, 0.3) is 0 Å². The van der Waals surface area contributed by atoms with Gasteiger partial charge in [-0.3, -0.25) is 0 Å². The molecule has 0 aromatic heterocycles. The van der Waals surface area contributed by atoms with Crippen molar-refractivity contribution >= 4 is 15.9 Å². The van der Waals surface area contributed by atoms with Crippen LogP contribution < -0.4 is 0 Å². The molecule has 0 radical (unpaired) electrons. The quantitative estimate of drug-likeness (QED) is 0.428. The molecule has 0 aliphatic heterocycles. The van der Waals surface area contributed by atoms with Crippen LogP contribution in [-0.4, -0.2) is 0 Å². The van der Waals surface area contributed by atoms with Crippen LogP contribution in [0.2, 0.25) is 0 Å². The van der Waals surface area contributed by atoms with Crippen molar-refractivity contribution in [1.29, 1.82) is 0 Å². The summed E-state index contributed by atoms with van der Waals surface area (Å²) in [5, 5.41) is 0. The lowest BCUT2D eigenvalue weighted by Gasteiger charge is -2.21. The van der Waals surface area contributed by atoms with E-state index in [1.807, 2.05) is 0 Å². The molecule has 0 unspecified atom stereocenters. The second-order valence-electron chi connectivity index (χ2n) is 11.2. The first kappa shape index (κ1) is 26.0. The van der Waals surface area contributed by atoms with E-state index in [1.165, 1.54) is 33.1 Å². The van der Waals surface area contributed by atoms with E-state index in [1.54, 1.807) is 0 Å². The number of rotatable bonds is 4. The molecular formula is C28H43Br. The molecule has 0 N–H and O–H groups in total. The van der Waals surface area contributed by atoms with E-state index in [0.29, 0.717) is 5.92 Å². The van der Waals surface area contributed by atoms with Crippen LogP contribution in [0, 0.1) is 11.8 Å². The summed E-state index contributed by atoms with van der Waals surface area (Å²) in [6, 6.07) is 15.7. The third-order valence-electron chi connectivity index (χ3n) is 4.98. The molecule has 162 valence electrons. The molecule has 0 atom stereocenters. The highest BCUT2D eigenvalue weighted by Gasteiger charge is 2.15. The summed E-state index contributed by atoms with van der Waals surface area (Å²) >= 11 is 3.63. The van der Waals surface area contributed by atoms with Crippen LogP contribution in [0.5, 0.6) is 0 Å². The van der Waals surface area contributed by atoms with E-state index in [2.05, 4.69) is 128 Å². The number of hydrogen-bond acceptors (Lipinski definition) is 0. The fraction of sp³-hybridized carbons (Fsp3) is 0.571. The lowest BCUT2D eigenvalue weighted by Crippen LogP contribution is -2.11. The molecule has 0 saturated heterocycles. The molecule has 0 amide bonds. The van der Waals surface area contributed by atoms with Gasteiger partial charge in [0.15, 0.2) is 0 Å². The van der Waals surface area contributed by atoms with Gasteiger partial charge in [-0.05, 0) is 63.8 Å². The van der Waals surface area contributed by atoms with Gasteiger partial charge in [0, 0.05) is 4.47 Å². The third-order valence-corrected chi connectivity index (χ3v) is 5.75. The summed E-state index contributed by atoms with van der Waals surface area (Å²) in [7, 11) is 0. The predicted molar refractivity (Wildman–Crippen MR) is 135 cm³/mol. The van der Waals surface area contributed by atoms with E-state index in [9.17, 15) is 0 Å². The summed E-state index contributed by atoms with van der Waals surface area (Å²) in [5.41, 5.74) is 6.27. The summed E-state index contributed by atoms with van der Waals surface area (Å²) in [5.74, 6) is 1.45. The predicted octanol–water partition coefficient (Wildman–Crippen LogP) is 9.13. The molecular weight excluding hydrogens is 416 g/mol. The van der Waals surface area contributed by atoms with Gasteiger partial charge in [0.1, 0.15) is 0 Å². The second kappa shape index (κ2) is 10.8. The Morgan fingerprint density at radius 2 is 1.21 bits per heavy atom. The molecule has 0 fully saturated rings. The molecule has 0 nitrogen and oxygen atoms in total. The van der Waals surface area contributed by atoms with Crippen molar-refractivity contribution in [2.45, 2.75) is 92.9 Å². The highest BCUT2D eigenvalue weighted by atomic mass is 79.9. The van der Waals surface area contributed by atoms with Gasteiger partial charge in [0.2, 0.25) is 0 Å². The van der Waals surface area contributed by atoms with Crippen LogP contribution >= 0.6 is 15.9 Å². The van der Waals surface area contributed by atoms with Gasteiger partial charge in [-0.2, -0.15) is 0 Å². The van der Waals surface area contributed by atoms with Crippen LogP contribution in [0.1, 0.15) is 91.5 Å². The van der Waals surface area contributed by atoms with Gasteiger partial charge >= 0.3 is 0 Å². The number of halogens is 1. The first-order chi connectivity index (χ1) is 13.2. The summed E-state index contributed by atoms with van der Waals surface area (Å²) in [4.78, 5) is 0. The Morgan fingerprint density at radius 3 is 1.69 bits per heavy atom. The Balaban J connectivity index is 0.000000291. The molecule has 2 rings (SSSR count). The Bertz CT molecular complexity index is 755. The molecule has 1 heteroatoms. The standard InChI is InChI=1S/C14H21Br.C14H22/c1-10(2)8-11-9-12(14(3,4)5)6-7-13(11)15;1-11(2)9-12-7-6-8-13(10-12)14(3,4)5/h6-7,9-10H,8H2,1-5H3;6-8,10-11H,9H2,1-5H3. The van der Waals surface area contributed by atoms with E-state index >= 15 is 0 Å². The molecule has 2 aromatic carbocycles. The first-order valence-electron chi connectivity index (χ1n) is 11.1. The van der Waals surface area contributed by atoms with Crippen molar-refractivity contribution in [1.82, 2.24) is 0 Å². The van der Waals surface area contributed by atoms with E-state index in [-0.39, 0.29) is 10.8 Å². The second-order valence-corrected chi connectivity index (χ2v) is 12.1. The number of hydrogen-bond donors (Lipinski definition) is 0. The number of benzene rings is 2. The Morgan fingerprint density at radius 1 is 0.690 bits per heavy atom. The molecule has 0 saturated carbocycles. The van der Waals surface area contributed by atoms with E-state index < -0.39 is 0 Å². The normalized spacial score (nSPS) is 12.2. The van der Waals surface area contributed by atoms with Crippen molar-refractivity contribution in [2.24, 2.45) is 11.8 Å². The minimum absolute atomic E-state index is 0.242. The minimum atomic E-state index is 0.242. The van der Waals surface area contributed by atoms with Crippen molar-refractivity contribution < 1.29 is 0 Å². The zero-order valence-corrected chi connectivity index (χ0v) is 22.1. The molecule has 0 aliphatic carbocycles. The lowest BCUT2D eigenvalue weighted by atomic mass is 9.85. The smallest absolute Gasteiger partial charge is 0.0207 e. The van der Waals surface area contributed by atoms with Crippen molar-refractivity contribution in [3.8, 4) is 0 Å². The fourth-order valence-electron chi connectivity index (χ4n) is 3.27. The molecule has 0 spiro atoms. The maximum atomic E-state index is 3.63. The largest absolute Gasteiger partial charge is 0.0625 e. The average molecular weight is 460 g/mol. The van der Waals surface area contributed by atoms with E-state index in [4.69, 9.17) is 0 Å². The van der Waals surface area contributed by atoms with Crippen LogP contribution in [0.3, 0.4) is 0 Å². The van der Waals surface area contributed by atoms with E-state index in [0.717, 1.165) is 12.3 Å². The third kappa shape index (κ3) is 9.51. The van der Waals surface area contributed by atoms with Gasteiger partial charge < -0.3 is 0 Å². The highest BCUT2D eigenvalue weighted by molar-refractivity contribution is 9.10. The zero-order valence-electron chi connectivity index (χ0n) is 20.5. The van der Waals surface area contributed by atoms with Crippen molar-refractivity contribution in [3.05, 3.63) is 69.2 Å². The first-order valence-corrected chi connectivity index (χ1v) is 11.9. The molecule has 0 bridgehead atoms. The fourth-order valence-corrected chi connectivity index (χ4v) is 3.68. The summed E-state index contributed by atoms with van der Waals surface area (Å²) in [6.45, 7) is 22.6. The van der Waals surface area contributed by atoms with Gasteiger partial charge in [0.05, 0.1) is 0 Å². The Hall–Kier alpha value is -1.08. The summed E-state index contributed by atoms with van der Waals surface area (Å²) < 4.78 is 1.24. The van der Waals surface area contributed by atoms with Crippen molar-refractivity contribution in [3.63, 3.8) is 0 Å². The Kier molecular flexibility index (Phi) is 9.67. The van der Waals surface area contributed by atoms with Crippen molar-refractivity contribution in [2.75, 3.05) is 0 Å². The van der Waals surface area contributed by atoms with Crippen LogP contribution in [0.15, 0.2) is 46.9 Å². The topological polar surface area (TPSA) is 0 Å². The molecule has 0 heterocycles. The van der Waals surface area contributed by atoms with Gasteiger partial charge in [0.25, 0.3) is 0 Å². The van der Waals surface area contributed by atoms with Gasteiger partial charge in [-0.25, -0.2) is 0 Å². The SMILES string of the molecule is CC(C)Cc1cc(C(C)(C)C)ccc1Br.CC(C)Cc1cccc(C(C)(C)C)c1. The van der Waals surface area contributed by atoms with Crippen LogP contribution in [0.4, 0.5) is 0 Å². The molecule has 0 aliphatic rings. The highest BCUT2D eigenvalue weighted by Crippen LogP contribution is 2.28. The zero-order chi connectivity index (χ0) is 22.4. The van der Waals surface area contributed by atoms with Crippen LogP contribution in [-0.2, 0) is 23.7 Å². The lowest BCUT2D eigenvalue weighted by molar-refractivity contribution is 0.585. The minimum Gasteiger partial charge on any atom is -0.0625 e. The maximum Gasteiger partial charge on any atom is 0.0207 e. The summed E-state index contributed by atoms with van der Waals surface area (Å²) in [6.07, 6.45) is 2.33. The molecule has 29 heavy (non-hydrogen) atoms. The van der Waals surface area contributed by atoms with Gasteiger partial charge in [-0.1, -0.05) is 122 Å². The monoisotopic (exact) mass is 458 g/mol. The maximum absolute atomic E-state index is 3.63.